The third-order valence-corrected chi connectivity index (χ3v) is 2.60. The van der Waals surface area contributed by atoms with Crippen LogP contribution in [0.5, 0.6) is 0 Å². The van der Waals surface area contributed by atoms with Crippen molar-refractivity contribution in [2.24, 2.45) is 0 Å². The Labute approximate surface area is 101 Å². The fraction of sp³-hybridized carbons (Fsp3) is 0.286. The molecule has 3 nitrogen and oxygen atoms in total. The van der Waals surface area contributed by atoms with Crippen LogP contribution < -0.4 is 0 Å². The zero-order valence-electron chi connectivity index (χ0n) is 10.5. The lowest BCUT2D eigenvalue weighted by Crippen LogP contribution is -2.09. The van der Waals surface area contributed by atoms with E-state index in [0.29, 0.717) is 5.56 Å². The van der Waals surface area contributed by atoms with Gasteiger partial charge in [0, 0.05) is 5.56 Å². The number of ketones is 1. The predicted molar refractivity (Wildman–Crippen MR) is 65.9 cm³/mol. The molecule has 0 aliphatic carbocycles. The summed E-state index contributed by atoms with van der Waals surface area (Å²) in [4.78, 5) is 12.1. The number of carbonyl (C=O) groups excluding carboxylic acids is 1. The largest absolute Gasteiger partial charge is 0.511 e. The lowest BCUT2D eigenvalue weighted by molar-refractivity contribution is 0.103. The van der Waals surface area contributed by atoms with E-state index in [4.69, 9.17) is 5.26 Å². The molecule has 0 fully saturated rings. The minimum atomic E-state index is -0.414. The highest BCUT2D eigenvalue weighted by molar-refractivity contribution is 6.13. The molecule has 1 rings (SSSR count). The Morgan fingerprint density at radius 3 is 2.06 bits per heavy atom. The summed E-state index contributed by atoms with van der Waals surface area (Å²) in [6.45, 7) is 6.95. The molecule has 88 valence electrons. The van der Waals surface area contributed by atoms with Crippen molar-refractivity contribution in [2.75, 3.05) is 0 Å². The van der Waals surface area contributed by atoms with E-state index in [0.717, 1.165) is 16.7 Å². The Balaban J connectivity index is 3.43. The molecule has 17 heavy (non-hydrogen) atoms. The third-order valence-electron chi connectivity index (χ3n) is 2.60. The van der Waals surface area contributed by atoms with Gasteiger partial charge in [0.2, 0.25) is 5.78 Å². The minimum absolute atomic E-state index is 0.194. The number of carbonyl (C=O) groups is 1. The summed E-state index contributed by atoms with van der Waals surface area (Å²) in [5.74, 6) is -0.653. The van der Waals surface area contributed by atoms with Crippen molar-refractivity contribution < 1.29 is 9.90 Å². The molecule has 0 aliphatic heterocycles. The summed E-state index contributed by atoms with van der Waals surface area (Å²) in [6, 6.07) is 5.53. The Hall–Kier alpha value is -2.08. The number of nitriles is 1. The normalized spacial score (nSPS) is 11.7. The van der Waals surface area contributed by atoms with Crippen LogP contribution in [-0.4, -0.2) is 10.9 Å². The Morgan fingerprint density at radius 1 is 1.24 bits per heavy atom. The van der Waals surface area contributed by atoms with E-state index >= 15 is 0 Å². The summed E-state index contributed by atoms with van der Waals surface area (Å²) in [5.41, 5.74) is 3.02. The molecule has 0 saturated heterocycles. The average Bonchev–Trinajstić information content (AvgIpc) is 2.15. The number of aryl methyl sites for hydroxylation is 3. The van der Waals surface area contributed by atoms with Gasteiger partial charge < -0.3 is 5.11 Å². The van der Waals surface area contributed by atoms with Gasteiger partial charge in [0.05, 0.1) is 0 Å². The summed E-state index contributed by atoms with van der Waals surface area (Å²) < 4.78 is 0. The van der Waals surface area contributed by atoms with Gasteiger partial charge in [-0.05, 0) is 38.8 Å². The van der Waals surface area contributed by atoms with Crippen LogP contribution >= 0.6 is 0 Å². The highest BCUT2D eigenvalue weighted by atomic mass is 16.3. The van der Waals surface area contributed by atoms with E-state index in [2.05, 4.69) is 0 Å². The van der Waals surface area contributed by atoms with E-state index in [9.17, 15) is 9.90 Å². The molecule has 0 bridgehead atoms. The van der Waals surface area contributed by atoms with Crippen molar-refractivity contribution in [3.8, 4) is 6.07 Å². The van der Waals surface area contributed by atoms with Crippen LogP contribution in [0.2, 0.25) is 0 Å². The topological polar surface area (TPSA) is 61.1 Å². The summed E-state index contributed by atoms with van der Waals surface area (Å²) in [7, 11) is 0. The highest BCUT2D eigenvalue weighted by Crippen LogP contribution is 2.20. The first-order valence-corrected chi connectivity index (χ1v) is 5.31. The summed E-state index contributed by atoms with van der Waals surface area (Å²) in [5, 5.41) is 18.2. The maximum Gasteiger partial charge on any atom is 0.207 e. The fourth-order valence-corrected chi connectivity index (χ4v) is 1.96. The van der Waals surface area contributed by atoms with Crippen LogP contribution in [0.3, 0.4) is 0 Å². The molecule has 3 heteroatoms. The van der Waals surface area contributed by atoms with Crippen molar-refractivity contribution in [1.82, 2.24) is 0 Å². The molecule has 0 saturated carbocycles. The lowest BCUT2D eigenvalue weighted by atomic mass is 9.93. The first-order valence-electron chi connectivity index (χ1n) is 5.31. The molecule has 0 atom stereocenters. The third kappa shape index (κ3) is 2.54. The second-order valence-corrected chi connectivity index (χ2v) is 4.18. The number of nitrogens with zero attached hydrogens (tertiary/aromatic N) is 1. The minimum Gasteiger partial charge on any atom is -0.511 e. The van der Waals surface area contributed by atoms with Crippen molar-refractivity contribution >= 4 is 5.78 Å². The van der Waals surface area contributed by atoms with Crippen LogP contribution in [-0.2, 0) is 0 Å². The molecule has 0 aromatic heterocycles. The van der Waals surface area contributed by atoms with Gasteiger partial charge in [-0.3, -0.25) is 4.79 Å². The quantitative estimate of drug-likeness (QED) is 0.367. The second kappa shape index (κ2) is 4.84. The van der Waals surface area contributed by atoms with Crippen LogP contribution in [0.25, 0.3) is 0 Å². The number of aliphatic hydroxyl groups is 1. The summed E-state index contributed by atoms with van der Waals surface area (Å²) >= 11 is 0. The molecular formula is C14H15NO2. The van der Waals surface area contributed by atoms with E-state index in [1.54, 1.807) is 6.07 Å². The van der Waals surface area contributed by atoms with E-state index in [1.807, 2.05) is 32.9 Å². The van der Waals surface area contributed by atoms with Gasteiger partial charge >= 0.3 is 0 Å². The number of benzene rings is 1. The highest BCUT2D eigenvalue weighted by Gasteiger charge is 2.19. The van der Waals surface area contributed by atoms with E-state index in [1.165, 1.54) is 6.92 Å². The first kappa shape index (κ1) is 13.0. The van der Waals surface area contributed by atoms with Crippen molar-refractivity contribution in [2.45, 2.75) is 27.7 Å². The van der Waals surface area contributed by atoms with Gasteiger partial charge in [0.1, 0.15) is 17.4 Å². The van der Waals surface area contributed by atoms with Gasteiger partial charge in [-0.2, -0.15) is 5.26 Å². The number of rotatable bonds is 2. The standard InChI is InChI=1S/C14H15NO2/c1-8-5-9(2)13(10(3)6-8)14(17)12(7-15)11(4)16/h5-6,16H,1-4H3/b12-11-. The molecule has 0 amide bonds. The SMILES string of the molecule is C/C(O)=C(\C#N)C(=O)c1c(C)cc(C)cc1C. The van der Waals surface area contributed by atoms with Crippen LogP contribution in [0.15, 0.2) is 23.5 Å². The van der Waals surface area contributed by atoms with E-state index in [-0.39, 0.29) is 11.3 Å². The number of hydrogen-bond donors (Lipinski definition) is 1. The van der Waals surface area contributed by atoms with Gasteiger partial charge in [0.25, 0.3) is 0 Å². The molecule has 1 aromatic rings. The molecule has 1 aromatic carbocycles. The molecule has 1 N–H and O–H groups in total. The number of Topliss-reactive ketones (excluding diaryl/α,β-unsaturated/α-hetero) is 1. The Bertz CT molecular complexity index is 521. The van der Waals surface area contributed by atoms with Crippen LogP contribution in [0, 0.1) is 32.1 Å². The smallest absolute Gasteiger partial charge is 0.207 e. The van der Waals surface area contributed by atoms with Crippen molar-refractivity contribution in [3.63, 3.8) is 0 Å². The monoisotopic (exact) mass is 229 g/mol. The first-order chi connectivity index (χ1) is 7.88. The maximum atomic E-state index is 12.1. The van der Waals surface area contributed by atoms with Crippen molar-refractivity contribution in [1.29, 1.82) is 5.26 Å². The molecule has 0 heterocycles. The van der Waals surface area contributed by atoms with Gasteiger partial charge in [-0.15, -0.1) is 0 Å². The molecule has 0 radical (unpaired) electrons. The maximum absolute atomic E-state index is 12.1. The van der Waals surface area contributed by atoms with Gasteiger partial charge in [-0.25, -0.2) is 0 Å². The zero-order chi connectivity index (χ0) is 13.2. The second-order valence-electron chi connectivity index (χ2n) is 4.18. The molecule has 0 spiro atoms. The molecule has 0 aliphatic rings. The Kier molecular flexibility index (Phi) is 3.69. The lowest BCUT2D eigenvalue weighted by Gasteiger charge is -2.09. The number of aliphatic hydroxyl groups excluding tert-OH is 1. The Morgan fingerprint density at radius 2 is 1.71 bits per heavy atom. The van der Waals surface area contributed by atoms with Crippen molar-refractivity contribution in [3.05, 3.63) is 45.7 Å². The number of hydrogen-bond acceptors (Lipinski definition) is 3. The summed E-state index contributed by atoms with van der Waals surface area (Å²) in [6.07, 6.45) is 0. The van der Waals surface area contributed by atoms with Crippen LogP contribution in [0.1, 0.15) is 34.0 Å². The fourth-order valence-electron chi connectivity index (χ4n) is 1.96. The van der Waals surface area contributed by atoms with Crippen LogP contribution in [0.4, 0.5) is 0 Å². The molecular weight excluding hydrogens is 214 g/mol. The molecule has 0 unspecified atom stereocenters. The average molecular weight is 229 g/mol. The van der Waals surface area contributed by atoms with Gasteiger partial charge in [0.15, 0.2) is 0 Å². The van der Waals surface area contributed by atoms with E-state index < -0.39 is 5.78 Å². The zero-order valence-corrected chi connectivity index (χ0v) is 10.5. The number of allylic oxidation sites excluding steroid dienone is 2. The van der Waals surface area contributed by atoms with Gasteiger partial charge in [-0.1, -0.05) is 17.7 Å². The predicted octanol–water partition coefficient (Wildman–Crippen LogP) is 3.15.